The minimum Gasteiger partial charge on any atom is -0.497 e. The topological polar surface area (TPSA) is 44.8 Å². The zero-order valence-electron chi connectivity index (χ0n) is 23.0. The van der Waals surface area contributed by atoms with Gasteiger partial charge in [0, 0.05) is 24.0 Å². The van der Waals surface area contributed by atoms with E-state index >= 15 is 4.39 Å². The van der Waals surface area contributed by atoms with E-state index in [1.165, 1.54) is 17.2 Å². The monoisotopic (exact) mass is 516 g/mol. The van der Waals surface area contributed by atoms with Gasteiger partial charge in [-0.3, -0.25) is 0 Å². The van der Waals surface area contributed by atoms with E-state index in [9.17, 15) is 4.79 Å². The van der Waals surface area contributed by atoms with Crippen LogP contribution in [0.2, 0.25) is 0 Å². The molecule has 3 atom stereocenters. The Labute approximate surface area is 225 Å². The number of carbonyl (C=O) groups is 1. The highest BCUT2D eigenvalue weighted by molar-refractivity contribution is 5.70. The third-order valence-corrected chi connectivity index (χ3v) is 8.52. The SMILES string of the molecule is COc1ccc(F)c(-c2ccc(COc3ccc4c(c3)[C@@]3(CC4)CC[C@H]3C=O)cc2[C@H](OC)C(C)(C)C)c1. The van der Waals surface area contributed by atoms with E-state index in [0.29, 0.717) is 17.9 Å². The molecular weight excluding hydrogens is 479 g/mol. The first kappa shape index (κ1) is 26.4. The highest BCUT2D eigenvalue weighted by Crippen LogP contribution is 2.56. The molecule has 0 N–H and O–H groups in total. The van der Waals surface area contributed by atoms with Crippen LogP contribution in [0.1, 0.15) is 68.4 Å². The second-order valence-electron chi connectivity index (χ2n) is 11.8. The second-order valence-corrected chi connectivity index (χ2v) is 11.8. The van der Waals surface area contributed by atoms with Crippen molar-refractivity contribution >= 4 is 6.29 Å². The standard InChI is InChI=1S/C33H37FO4/c1-32(2,3)31(37-5)28-16-21(6-10-26(28)27-17-24(36-4)9-11-30(27)34)20-38-25-8-7-22-12-14-33(29(22)18-25)15-13-23(33)19-35/h6-11,16-19,23,31H,12-15,20H2,1-5H3/t23-,31-,33-/m0/s1. The highest BCUT2D eigenvalue weighted by atomic mass is 19.1. The van der Waals surface area contributed by atoms with Crippen molar-refractivity contribution < 1.29 is 23.4 Å². The van der Waals surface area contributed by atoms with Gasteiger partial charge in [-0.2, -0.15) is 0 Å². The Morgan fingerprint density at radius 1 is 1.00 bits per heavy atom. The van der Waals surface area contributed by atoms with Crippen LogP contribution in [-0.4, -0.2) is 20.5 Å². The van der Waals surface area contributed by atoms with E-state index in [-0.39, 0.29) is 28.7 Å². The molecule has 0 aromatic heterocycles. The number of carbonyl (C=O) groups excluding carboxylic acids is 1. The number of fused-ring (bicyclic) bond motifs is 2. The van der Waals surface area contributed by atoms with Crippen molar-refractivity contribution in [3.05, 3.63) is 82.7 Å². The largest absolute Gasteiger partial charge is 0.497 e. The maximum absolute atomic E-state index is 15.0. The van der Waals surface area contributed by atoms with Crippen LogP contribution in [0.5, 0.6) is 11.5 Å². The van der Waals surface area contributed by atoms with Crippen molar-refractivity contribution in [2.24, 2.45) is 11.3 Å². The van der Waals surface area contributed by atoms with Gasteiger partial charge in [-0.1, -0.05) is 39.0 Å². The molecule has 1 saturated carbocycles. The Kier molecular flexibility index (Phi) is 7.08. The maximum Gasteiger partial charge on any atom is 0.131 e. The van der Waals surface area contributed by atoms with E-state index in [2.05, 4.69) is 39.0 Å². The quantitative estimate of drug-likeness (QED) is 0.289. The number of hydrogen-bond acceptors (Lipinski definition) is 4. The smallest absolute Gasteiger partial charge is 0.131 e. The van der Waals surface area contributed by atoms with Gasteiger partial charge >= 0.3 is 0 Å². The van der Waals surface area contributed by atoms with Crippen molar-refractivity contribution in [1.29, 1.82) is 0 Å². The van der Waals surface area contributed by atoms with Crippen LogP contribution in [0, 0.1) is 17.2 Å². The molecule has 0 amide bonds. The highest BCUT2D eigenvalue weighted by Gasteiger charge is 2.51. The molecule has 200 valence electrons. The van der Waals surface area contributed by atoms with Gasteiger partial charge in [0.15, 0.2) is 0 Å². The molecule has 0 saturated heterocycles. The summed E-state index contributed by atoms with van der Waals surface area (Å²) in [5, 5.41) is 0. The molecule has 1 spiro atoms. The second kappa shape index (κ2) is 10.2. The van der Waals surface area contributed by atoms with Gasteiger partial charge in [-0.15, -0.1) is 0 Å². The van der Waals surface area contributed by atoms with Crippen LogP contribution in [0.25, 0.3) is 11.1 Å². The Bertz CT molecular complexity index is 1340. The third kappa shape index (κ3) is 4.62. The fraction of sp³-hybridized carbons (Fsp3) is 0.424. The number of rotatable bonds is 8. The van der Waals surface area contributed by atoms with Crippen LogP contribution in [-0.2, 0) is 28.0 Å². The van der Waals surface area contributed by atoms with Crippen LogP contribution in [0.15, 0.2) is 54.6 Å². The Morgan fingerprint density at radius 2 is 1.79 bits per heavy atom. The molecule has 0 bridgehead atoms. The molecule has 3 aromatic rings. The summed E-state index contributed by atoms with van der Waals surface area (Å²) >= 11 is 0. The molecular formula is C33H37FO4. The summed E-state index contributed by atoms with van der Waals surface area (Å²) < 4.78 is 32.6. The molecule has 0 heterocycles. The molecule has 0 unspecified atom stereocenters. The fourth-order valence-corrected chi connectivity index (χ4v) is 6.44. The molecule has 1 fully saturated rings. The Morgan fingerprint density at radius 3 is 2.45 bits per heavy atom. The average molecular weight is 517 g/mol. The van der Waals surface area contributed by atoms with Gasteiger partial charge < -0.3 is 19.0 Å². The molecule has 5 rings (SSSR count). The summed E-state index contributed by atoms with van der Waals surface area (Å²) in [4.78, 5) is 11.7. The lowest BCUT2D eigenvalue weighted by Crippen LogP contribution is -2.43. The van der Waals surface area contributed by atoms with E-state index in [1.807, 2.05) is 18.2 Å². The summed E-state index contributed by atoms with van der Waals surface area (Å²) in [5.74, 6) is 1.22. The summed E-state index contributed by atoms with van der Waals surface area (Å²) in [6.45, 7) is 6.72. The molecule has 5 heteroatoms. The van der Waals surface area contributed by atoms with E-state index in [1.54, 1.807) is 26.4 Å². The lowest BCUT2D eigenvalue weighted by Gasteiger charge is -2.45. The van der Waals surface area contributed by atoms with Crippen molar-refractivity contribution in [3.8, 4) is 22.6 Å². The summed E-state index contributed by atoms with van der Waals surface area (Å²) in [7, 11) is 3.27. The van der Waals surface area contributed by atoms with E-state index < -0.39 is 0 Å². The van der Waals surface area contributed by atoms with Gasteiger partial charge in [0.25, 0.3) is 0 Å². The predicted octanol–water partition coefficient (Wildman–Crippen LogP) is 7.61. The first-order valence-electron chi connectivity index (χ1n) is 13.4. The van der Waals surface area contributed by atoms with Gasteiger partial charge in [0.05, 0.1) is 13.2 Å². The molecule has 0 radical (unpaired) electrons. The first-order valence-corrected chi connectivity index (χ1v) is 13.4. The van der Waals surface area contributed by atoms with Gasteiger partial charge in [0.2, 0.25) is 0 Å². The summed E-state index contributed by atoms with van der Waals surface area (Å²) in [6.07, 6.45) is 5.00. The number of benzene rings is 3. The first-order chi connectivity index (χ1) is 18.2. The average Bonchev–Trinajstić information content (AvgIpc) is 3.28. The lowest BCUT2D eigenvalue weighted by atomic mass is 9.58. The van der Waals surface area contributed by atoms with Gasteiger partial charge in [-0.05, 0) is 95.3 Å². The molecule has 4 nitrogen and oxygen atoms in total. The summed E-state index contributed by atoms with van der Waals surface area (Å²) in [6, 6.07) is 17.1. The van der Waals surface area contributed by atoms with Crippen LogP contribution < -0.4 is 9.47 Å². The number of hydrogen-bond donors (Lipinski definition) is 0. The molecule has 3 aromatic carbocycles. The third-order valence-electron chi connectivity index (χ3n) is 8.52. The lowest BCUT2D eigenvalue weighted by molar-refractivity contribution is -0.116. The zero-order valence-corrected chi connectivity index (χ0v) is 23.0. The number of aldehydes is 1. The van der Waals surface area contributed by atoms with Gasteiger partial charge in [0.1, 0.15) is 30.2 Å². The minimum absolute atomic E-state index is 0.00444. The number of aryl methyl sites for hydroxylation is 1. The van der Waals surface area contributed by atoms with Crippen molar-refractivity contribution in [1.82, 2.24) is 0 Å². The van der Waals surface area contributed by atoms with Crippen LogP contribution in [0.3, 0.4) is 0 Å². The van der Waals surface area contributed by atoms with Crippen LogP contribution >= 0.6 is 0 Å². The van der Waals surface area contributed by atoms with Crippen molar-refractivity contribution in [3.63, 3.8) is 0 Å². The maximum atomic E-state index is 15.0. The van der Waals surface area contributed by atoms with Crippen LogP contribution in [0.4, 0.5) is 4.39 Å². The molecule has 38 heavy (non-hydrogen) atoms. The summed E-state index contributed by atoms with van der Waals surface area (Å²) in [5.41, 5.74) is 5.55. The minimum atomic E-state index is -0.309. The zero-order chi connectivity index (χ0) is 27.1. The van der Waals surface area contributed by atoms with Crippen molar-refractivity contribution in [2.45, 2.75) is 64.6 Å². The normalized spacial score (nSPS) is 21.1. The number of halogens is 1. The Hall–Kier alpha value is -3.18. The number of ether oxygens (including phenoxy) is 3. The molecule has 0 aliphatic heterocycles. The molecule has 2 aliphatic rings. The number of methoxy groups -OCH3 is 2. The molecule has 2 aliphatic carbocycles. The van der Waals surface area contributed by atoms with E-state index in [0.717, 1.165) is 54.4 Å². The Balaban J connectivity index is 1.46. The predicted molar refractivity (Wildman–Crippen MR) is 147 cm³/mol. The van der Waals surface area contributed by atoms with Gasteiger partial charge in [-0.25, -0.2) is 4.39 Å². The van der Waals surface area contributed by atoms with Crippen molar-refractivity contribution in [2.75, 3.05) is 14.2 Å². The van der Waals surface area contributed by atoms with E-state index in [4.69, 9.17) is 14.2 Å². The fourth-order valence-electron chi connectivity index (χ4n) is 6.44.